The van der Waals surface area contributed by atoms with Crippen LogP contribution in [0.2, 0.25) is 0 Å². The first-order chi connectivity index (χ1) is 31.0. The summed E-state index contributed by atoms with van der Waals surface area (Å²) in [6, 6.07) is 0. The van der Waals surface area contributed by atoms with Crippen LogP contribution in [0.3, 0.4) is 0 Å². The summed E-state index contributed by atoms with van der Waals surface area (Å²) in [7, 11) is 0. The molecule has 0 saturated carbocycles. The van der Waals surface area contributed by atoms with E-state index in [4.69, 9.17) is 14.2 Å². The molecule has 0 aliphatic rings. The Kier molecular flexibility index (Phi) is 49.4. The van der Waals surface area contributed by atoms with E-state index in [1.807, 2.05) is 0 Å². The van der Waals surface area contributed by atoms with Gasteiger partial charge in [0.1, 0.15) is 13.2 Å². The summed E-state index contributed by atoms with van der Waals surface area (Å²) in [5.41, 5.74) is 0. The van der Waals surface area contributed by atoms with Crippen molar-refractivity contribution in [3.8, 4) is 0 Å². The van der Waals surface area contributed by atoms with Gasteiger partial charge in [-0.15, -0.1) is 0 Å². The molecule has 1 atom stereocenters. The van der Waals surface area contributed by atoms with Gasteiger partial charge < -0.3 is 14.2 Å². The minimum atomic E-state index is -0.786. The molecule has 63 heavy (non-hydrogen) atoms. The molecule has 0 aromatic carbocycles. The van der Waals surface area contributed by atoms with Crippen molar-refractivity contribution in [1.29, 1.82) is 0 Å². The summed E-state index contributed by atoms with van der Waals surface area (Å²) in [5.74, 6) is -0.912. The number of carbonyl (C=O) groups excluding carboxylic acids is 3. The molecular formula is C57H100O6. The maximum Gasteiger partial charge on any atom is 0.306 e. The summed E-state index contributed by atoms with van der Waals surface area (Å²) in [5, 5.41) is 0. The van der Waals surface area contributed by atoms with E-state index in [1.54, 1.807) is 0 Å². The van der Waals surface area contributed by atoms with Gasteiger partial charge in [-0.2, -0.15) is 0 Å². The Morgan fingerprint density at radius 3 is 1.03 bits per heavy atom. The van der Waals surface area contributed by atoms with Gasteiger partial charge in [-0.3, -0.25) is 14.4 Å². The lowest BCUT2D eigenvalue weighted by Crippen LogP contribution is -2.30. The molecule has 0 bridgehead atoms. The van der Waals surface area contributed by atoms with E-state index in [0.717, 1.165) is 109 Å². The lowest BCUT2D eigenvalue weighted by Gasteiger charge is -2.18. The minimum absolute atomic E-state index is 0.0851. The molecule has 6 nitrogen and oxygen atoms in total. The average molecular weight is 881 g/mol. The molecule has 364 valence electrons. The molecule has 1 unspecified atom stereocenters. The van der Waals surface area contributed by atoms with Crippen molar-refractivity contribution in [3.63, 3.8) is 0 Å². The Morgan fingerprint density at radius 2 is 0.635 bits per heavy atom. The molecule has 0 N–H and O–H groups in total. The first-order valence-electron chi connectivity index (χ1n) is 26.8. The van der Waals surface area contributed by atoms with Crippen molar-refractivity contribution in [2.45, 2.75) is 271 Å². The Labute approximate surface area is 390 Å². The van der Waals surface area contributed by atoms with Crippen molar-refractivity contribution in [2.24, 2.45) is 0 Å². The van der Waals surface area contributed by atoms with Gasteiger partial charge in [0.2, 0.25) is 0 Å². The van der Waals surface area contributed by atoms with E-state index < -0.39 is 6.10 Å². The van der Waals surface area contributed by atoms with Gasteiger partial charge in [0, 0.05) is 19.3 Å². The SMILES string of the molecule is CC/C=C\C/C=C\C/C=C\CCCCCCCCC(=O)OC(COC(=O)CCCCCC/C=C\CCCC)COC(=O)CCCCCCCCC/C=C\CCCCCCCCCC. The summed E-state index contributed by atoms with van der Waals surface area (Å²) in [6.45, 7) is 6.47. The standard InChI is InChI=1S/C57H100O6/c1-4-7-10-13-16-19-22-24-26-28-29-30-32-33-35-38-41-44-47-50-56(59)62-53-54(52-61-55(58)49-46-43-40-37-21-18-15-12-9-6-3)63-57(60)51-48-45-42-39-36-34-31-27-25-23-20-17-14-11-8-5-2/h8,11,15,17-18,20,25,27-29,54H,4-7,9-10,12-14,16,19,21-24,26,30-53H2,1-3H3/b11-8-,18-15-,20-17-,27-25-,29-28-. The number of esters is 3. The van der Waals surface area contributed by atoms with Crippen LogP contribution in [0.4, 0.5) is 0 Å². The molecule has 0 aliphatic heterocycles. The highest BCUT2D eigenvalue weighted by atomic mass is 16.6. The van der Waals surface area contributed by atoms with Crippen LogP contribution in [0.15, 0.2) is 60.8 Å². The Morgan fingerprint density at radius 1 is 0.333 bits per heavy atom. The summed E-state index contributed by atoms with van der Waals surface area (Å²) in [6.07, 6.45) is 63.5. The topological polar surface area (TPSA) is 78.9 Å². The van der Waals surface area contributed by atoms with Crippen LogP contribution in [-0.2, 0) is 28.6 Å². The highest BCUT2D eigenvalue weighted by Crippen LogP contribution is 2.15. The predicted molar refractivity (Wildman–Crippen MR) is 270 cm³/mol. The summed E-state index contributed by atoms with van der Waals surface area (Å²) < 4.78 is 16.8. The maximum absolute atomic E-state index is 12.8. The molecule has 0 aromatic heterocycles. The number of unbranched alkanes of at least 4 members (excludes halogenated alkanes) is 27. The second-order valence-electron chi connectivity index (χ2n) is 17.7. The van der Waals surface area contributed by atoms with Gasteiger partial charge in [0.15, 0.2) is 6.10 Å². The van der Waals surface area contributed by atoms with Crippen LogP contribution >= 0.6 is 0 Å². The zero-order valence-corrected chi connectivity index (χ0v) is 41.6. The molecule has 0 fully saturated rings. The molecule has 0 radical (unpaired) electrons. The van der Waals surface area contributed by atoms with E-state index in [0.29, 0.717) is 19.3 Å². The third kappa shape index (κ3) is 50.0. The molecule has 0 aliphatic carbocycles. The van der Waals surface area contributed by atoms with Gasteiger partial charge in [0.05, 0.1) is 0 Å². The van der Waals surface area contributed by atoms with Gasteiger partial charge in [-0.1, -0.05) is 210 Å². The van der Waals surface area contributed by atoms with Crippen LogP contribution < -0.4 is 0 Å². The highest BCUT2D eigenvalue weighted by molar-refractivity contribution is 5.71. The fourth-order valence-corrected chi connectivity index (χ4v) is 7.43. The summed E-state index contributed by atoms with van der Waals surface area (Å²) >= 11 is 0. The molecule has 6 heteroatoms. The molecule has 0 heterocycles. The van der Waals surface area contributed by atoms with Gasteiger partial charge in [-0.25, -0.2) is 0 Å². The molecule has 0 rings (SSSR count). The fourth-order valence-electron chi connectivity index (χ4n) is 7.43. The zero-order chi connectivity index (χ0) is 45.8. The zero-order valence-electron chi connectivity index (χ0n) is 41.6. The second kappa shape index (κ2) is 51.7. The smallest absolute Gasteiger partial charge is 0.306 e. The van der Waals surface area contributed by atoms with E-state index in [1.165, 1.54) is 116 Å². The lowest BCUT2D eigenvalue weighted by molar-refractivity contribution is -0.167. The highest BCUT2D eigenvalue weighted by Gasteiger charge is 2.19. The van der Waals surface area contributed by atoms with Gasteiger partial charge in [-0.05, 0) is 96.3 Å². The quantitative estimate of drug-likeness (QED) is 0.0262. The first-order valence-corrected chi connectivity index (χ1v) is 26.8. The van der Waals surface area contributed by atoms with E-state index >= 15 is 0 Å². The number of ether oxygens (including phenoxy) is 3. The number of carbonyl (C=O) groups is 3. The second-order valence-corrected chi connectivity index (χ2v) is 17.7. The van der Waals surface area contributed by atoms with E-state index in [-0.39, 0.29) is 31.1 Å². The normalized spacial score (nSPS) is 12.5. The van der Waals surface area contributed by atoms with Crippen molar-refractivity contribution in [2.75, 3.05) is 13.2 Å². The molecule has 0 aromatic rings. The van der Waals surface area contributed by atoms with Gasteiger partial charge in [0.25, 0.3) is 0 Å². The Hall–Kier alpha value is -2.89. The summed E-state index contributed by atoms with van der Waals surface area (Å²) in [4.78, 5) is 38.0. The van der Waals surface area contributed by atoms with Crippen LogP contribution in [0.1, 0.15) is 265 Å². The van der Waals surface area contributed by atoms with Crippen molar-refractivity contribution < 1.29 is 28.6 Å². The Bertz CT molecular complexity index is 1150. The van der Waals surface area contributed by atoms with Crippen LogP contribution in [0.5, 0.6) is 0 Å². The third-order valence-electron chi connectivity index (χ3n) is 11.5. The van der Waals surface area contributed by atoms with Crippen LogP contribution in [0, 0.1) is 0 Å². The molecule has 0 amide bonds. The lowest BCUT2D eigenvalue weighted by atomic mass is 10.1. The maximum atomic E-state index is 12.8. The Balaban J connectivity index is 4.34. The molecule has 0 spiro atoms. The largest absolute Gasteiger partial charge is 0.462 e. The van der Waals surface area contributed by atoms with Crippen LogP contribution in [0.25, 0.3) is 0 Å². The van der Waals surface area contributed by atoms with E-state index in [9.17, 15) is 14.4 Å². The predicted octanol–water partition coefficient (Wildman–Crippen LogP) is 17.6. The van der Waals surface area contributed by atoms with Gasteiger partial charge >= 0.3 is 17.9 Å². The minimum Gasteiger partial charge on any atom is -0.462 e. The molecular weight excluding hydrogens is 781 g/mol. The van der Waals surface area contributed by atoms with Crippen molar-refractivity contribution >= 4 is 17.9 Å². The molecule has 0 saturated heterocycles. The number of allylic oxidation sites excluding steroid dienone is 10. The monoisotopic (exact) mass is 881 g/mol. The van der Waals surface area contributed by atoms with Crippen molar-refractivity contribution in [1.82, 2.24) is 0 Å². The number of rotatable bonds is 48. The number of hydrogen-bond acceptors (Lipinski definition) is 6. The number of hydrogen-bond donors (Lipinski definition) is 0. The van der Waals surface area contributed by atoms with E-state index in [2.05, 4.69) is 81.5 Å². The third-order valence-corrected chi connectivity index (χ3v) is 11.5. The first kappa shape index (κ1) is 60.1. The fraction of sp³-hybridized carbons (Fsp3) is 0.772. The van der Waals surface area contributed by atoms with Crippen molar-refractivity contribution in [3.05, 3.63) is 60.8 Å². The van der Waals surface area contributed by atoms with Crippen LogP contribution in [-0.4, -0.2) is 37.2 Å². The average Bonchev–Trinajstić information content (AvgIpc) is 3.28.